The molecule has 0 bridgehead atoms. The first-order chi connectivity index (χ1) is 13.9. The molecule has 0 spiro atoms. The predicted molar refractivity (Wildman–Crippen MR) is 114 cm³/mol. The van der Waals surface area contributed by atoms with E-state index in [1.54, 1.807) is 29.2 Å². The van der Waals surface area contributed by atoms with Crippen LogP contribution >= 0.6 is 34.5 Å². The van der Waals surface area contributed by atoms with Crippen molar-refractivity contribution in [3.8, 4) is 0 Å². The third kappa shape index (κ3) is 5.29. The van der Waals surface area contributed by atoms with Crippen LogP contribution < -0.4 is 5.32 Å². The Morgan fingerprint density at radius 1 is 1.17 bits per heavy atom. The number of ether oxygens (including phenoxy) is 1. The number of hydrogen-bond donors (Lipinski definition) is 1. The number of hydrogen-bond acceptors (Lipinski definition) is 5. The molecule has 0 saturated carbocycles. The highest BCUT2D eigenvalue weighted by molar-refractivity contribution is 7.12. The van der Waals surface area contributed by atoms with Gasteiger partial charge in [0.1, 0.15) is 0 Å². The van der Waals surface area contributed by atoms with Crippen molar-refractivity contribution >= 4 is 58.0 Å². The minimum atomic E-state index is -0.983. The number of likely N-dealkylation sites (tertiary alicyclic amines) is 1. The summed E-state index contributed by atoms with van der Waals surface area (Å²) in [5.74, 6) is -1.29. The van der Waals surface area contributed by atoms with Crippen molar-refractivity contribution in [3.63, 3.8) is 0 Å². The fourth-order valence-corrected chi connectivity index (χ4v) is 4.07. The van der Waals surface area contributed by atoms with Crippen molar-refractivity contribution in [2.24, 2.45) is 5.92 Å². The fraction of sp³-hybridized carbons (Fsp3) is 0.350. The lowest BCUT2D eigenvalue weighted by Gasteiger charge is -2.31. The van der Waals surface area contributed by atoms with Gasteiger partial charge in [0, 0.05) is 13.1 Å². The number of halogens is 2. The molecule has 1 unspecified atom stereocenters. The smallest absolute Gasteiger partial charge is 0.309 e. The normalized spacial score (nSPS) is 15.6. The average Bonchev–Trinajstić information content (AvgIpc) is 3.25. The molecule has 29 heavy (non-hydrogen) atoms. The first-order valence-corrected chi connectivity index (χ1v) is 10.8. The van der Waals surface area contributed by atoms with Crippen molar-refractivity contribution in [3.05, 3.63) is 50.6 Å². The largest absolute Gasteiger partial charge is 0.452 e. The maximum absolute atomic E-state index is 12.4. The van der Waals surface area contributed by atoms with Crippen LogP contribution in [0.1, 0.15) is 29.4 Å². The van der Waals surface area contributed by atoms with Crippen molar-refractivity contribution < 1.29 is 19.1 Å². The number of esters is 1. The van der Waals surface area contributed by atoms with Crippen LogP contribution in [0, 0.1) is 5.92 Å². The summed E-state index contributed by atoms with van der Waals surface area (Å²) in [4.78, 5) is 39.6. The van der Waals surface area contributed by atoms with Crippen molar-refractivity contribution in [2.45, 2.75) is 25.9 Å². The molecule has 1 fully saturated rings. The Balaban J connectivity index is 1.49. The van der Waals surface area contributed by atoms with Gasteiger partial charge >= 0.3 is 5.97 Å². The van der Waals surface area contributed by atoms with E-state index in [4.69, 9.17) is 27.9 Å². The molecule has 1 N–H and O–H groups in total. The summed E-state index contributed by atoms with van der Waals surface area (Å²) in [7, 11) is 0. The van der Waals surface area contributed by atoms with Crippen LogP contribution in [0.3, 0.4) is 0 Å². The minimum Gasteiger partial charge on any atom is -0.452 e. The predicted octanol–water partition coefficient (Wildman–Crippen LogP) is 4.48. The molecule has 1 saturated heterocycles. The number of rotatable bonds is 5. The number of nitrogens with zero attached hydrogens (tertiary/aromatic N) is 1. The Labute approximate surface area is 182 Å². The van der Waals surface area contributed by atoms with E-state index in [2.05, 4.69) is 5.32 Å². The molecule has 3 rings (SSSR count). The molecular weight excluding hydrogens is 435 g/mol. The van der Waals surface area contributed by atoms with Crippen LogP contribution in [0.25, 0.3) is 0 Å². The van der Waals surface area contributed by atoms with Gasteiger partial charge in [0.25, 0.3) is 11.8 Å². The van der Waals surface area contributed by atoms with Gasteiger partial charge in [0.15, 0.2) is 6.10 Å². The van der Waals surface area contributed by atoms with E-state index in [0.29, 0.717) is 41.5 Å². The molecule has 6 nitrogen and oxygen atoms in total. The van der Waals surface area contributed by atoms with E-state index in [-0.39, 0.29) is 16.8 Å². The highest BCUT2D eigenvalue weighted by Crippen LogP contribution is 2.29. The van der Waals surface area contributed by atoms with Crippen molar-refractivity contribution in [2.75, 3.05) is 18.4 Å². The number of carbonyl (C=O) groups is 3. The summed E-state index contributed by atoms with van der Waals surface area (Å²) in [6.45, 7) is 2.46. The molecule has 9 heteroatoms. The lowest BCUT2D eigenvalue weighted by molar-refractivity contribution is -0.158. The Kier molecular flexibility index (Phi) is 7.16. The highest BCUT2D eigenvalue weighted by atomic mass is 35.5. The van der Waals surface area contributed by atoms with Crippen molar-refractivity contribution in [1.82, 2.24) is 4.90 Å². The minimum absolute atomic E-state index is 0.0158. The Morgan fingerprint density at radius 3 is 2.55 bits per heavy atom. The highest BCUT2D eigenvalue weighted by Gasteiger charge is 2.31. The van der Waals surface area contributed by atoms with Crippen LogP contribution in [-0.4, -0.2) is 41.9 Å². The summed E-state index contributed by atoms with van der Waals surface area (Å²) in [5, 5.41) is 5.02. The molecule has 2 heterocycles. The number of anilines is 1. The second kappa shape index (κ2) is 9.61. The van der Waals surface area contributed by atoms with Crippen LogP contribution in [-0.2, 0) is 14.3 Å². The molecular formula is C20H20Cl2N2O4S. The van der Waals surface area contributed by atoms with Crippen LogP contribution in [0.5, 0.6) is 0 Å². The zero-order valence-electron chi connectivity index (χ0n) is 15.7. The zero-order valence-corrected chi connectivity index (χ0v) is 18.0. The Bertz CT molecular complexity index is 896. The van der Waals surface area contributed by atoms with E-state index in [0.717, 1.165) is 0 Å². The molecule has 1 aromatic heterocycles. The number of carbonyl (C=O) groups excluding carboxylic acids is 3. The lowest BCUT2D eigenvalue weighted by Crippen LogP contribution is -2.41. The number of benzene rings is 1. The molecule has 154 valence electrons. The Morgan fingerprint density at radius 2 is 1.90 bits per heavy atom. The number of piperidine rings is 1. The second-order valence-electron chi connectivity index (χ2n) is 6.71. The van der Waals surface area contributed by atoms with Gasteiger partial charge in [-0.1, -0.05) is 35.3 Å². The molecule has 2 amide bonds. The summed E-state index contributed by atoms with van der Waals surface area (Å²) in [5.41, 5.74) is 0.354. The molecule has 1 aliphatic heterocycles. The summed E-state index contributed by atoms with van der Waals surface area (Å²) in [6.07, 6.45) is 0.0257. The second-order valence-corrected chi connectivity index (χ2v) is 8.45. The molecule has 1 aliphatic rings. The monoisotopic (exact) mass is 454 g/mol. The zero-order chi connectivity index (χ0) is 21.0. The van der Waals surface area contributed by atoms with Gasteiger partial charge in [-0.05, 0) is 43.3 Å². The number of nitrogens with one attached hydrogen (secondary N) is 1. The summed E-state index contributed by atoms with van der Waals surface area (Å²) in [6, 6.07) is 8.51. The van der Waals surface area contributed by atoms with Gasteiger partial charge in [-0.3, -0.25) is 14.4 Å². The van der Waals surface area contributed by atoms with E-state index in [9.17, 15) is 14.4 Å². The quantitative estimate of drug-likeness (QED) is 0.675. The molecule has 0 radical (unpaired) electrons. The molecule has 0 aliphatic carbocycles. The summed E-state index contributed by atoms with van der Waals surface area (Å²) < 4.78 is 5.33. The maximum Gasteiger partial charge on any atom is 0.309 e. The van der Waals surface area contributed by atoms with Gasteiger partial charge in [-0.2, -0.15) is 0 Å². The standard InChI is InChI=1S/C20H20Cl2N2O4S/c1-12(18(25)23-15-5-2-4-14(21)17(15)22)28-20(27)13-7-9-24(10-8-13)19(26)16-6-3-11-29-16/h2-6,11-13H,7-10H2,1H3,(H,23,25). The maximum atomic E-state index is 12.4. The first kappa shape index (κ1) is 21.6. The van der Waals surface area contributed by atoms with Gasteiger partial charge in [-0.25, -0.2) is 0 Å². The third-order valence-corrected chi connectivity index (χ3v) is 6.40. The lowest BCUT2D eigenvalue weighted by atomic mass is 9.97. The van der Waals surface area contributed by atoms with Crippen LogP contribution in [0.4, 0.5) is 5.69 Å². The van der Waals surface area contributed by atoms with Crippen LogP contribution in [0.15, 0.2) is 35.7 Å². The molecule has 2 aromatic rings. The average molecular weight is 455 g/mol. The first-order valence-electron chi connectivity index (χ1n) is 9.15. The van der Waals surface area contributed by atoms with Crippen LogP contribution in [0.2, 0.25) is 10.0 Å². The van der Waals surface area contributed by atoms with E-state index >= 15 is 0 Å². The van der Waals surface area contributed by atoms with E-state index in [1.165, 1.54) is 18.3 Å². The van der Waals surface area contributed by atoms with Crippen molar-refractivity contribution in [1.29, 1.82) is 0 Å². The SMILES string of the molecule is CC(OC(=O)C1CCN(C(=O)c2cccs2)CC1)C(=O)Nc1cccc(Cl)c1Cl. The summed E-state index contributed by atoms with van der Waals surface area (Å²) >= 11 is 13.4. The van der Waals surface area contributed by atoms with E-state index < -0.39 is 18.0 Å². The number of thiophene rings is 1. The van der Waals surface area contributed by atoms with E-state index in [1.807, 2.05) is 11.4 Å². The fourth-order valence-electron chi connectivity index (χ4n) is 3.03. The topological polar surface area (TPSA) is 75.7 Å². The third-order valence-electron chi connectivity index (χ3n) is 4.72. The Hall–Kier alpha value is -2.09. The van der Waals surface area contributed by atoms with Gasteiger partial charge < -0.3 is 15.0 Å². The van der Waals surface area contributed by atoms with Gasteiger partial charge in [0.2, 0.25) is 0 Å². The number of amides is 2. The van der Waals surface area contributed by atoms with Gasteiger partial charge in [0.05, 0.1) is 26.5 Å². The van der Waals surface area contributed by atoms with Gasteiger partial charge in [-0.15, -0.1) is 11.3 Å². The molecule has 1 atom stereocenters. The molecule has 1 aromatic carbocycles.